The highest BCUT2D eigenvalue weighted by molar-refractivity contribution is 7.25. The maximum Gasteiger partial charge on any atom is 0.164 e. The zero-order valence-corrected chi connectivity index (χ0v) is 34.9. The summed E-state index contributed by atoms with van der Waals surface area (Å²) in [7, 11) is 0. The molecule has 294 valence electrons. The van der Waals surface area contributed by atoms with E-state index in [1.807, 2.05) is 11.3 Å². The first-order valence-electron chi connectivity index (χ1n) is 21.2. The quantitative estimate of drug-likeness (QED) is 0.161. The number of thiophene rings is 1. The number of hydrogen-bond acceptors (Lipinski definition) is 4. The van der Waals surface area contributed by atoms with E-state index in [1.165, 1.54) is 53.2 Å². The second kappa shape index (κ2) is 15.4. The van der Waals surface area contributed by atoms with Gasteiger partial charge in [-0.2, -0.15) is 0 Å². The van der Waals surface area contributed by atoms with Crippen LogP contribution in [0.2, 0.25) is 0 Å². The normalized spacial score (nSPS) is 11.5. The number of hydrogen-bond donors (Lipinski definition) is 0. The predicted molar refractivity (Wildman–Crippen MR) is 266 cm³/mol. The maximum atomic E-state index is 5.26. The molecule has 0 aliphatic carbocycles. The summed E-state index contributed by atoms with van der Waals surface area (Å²) in [5.41, 5.74) is 12.1. The highest BCUT2D eigenvalue weighted by Crippen LogP contribution is 2.39. The molecule has 2 aromatic heterocycles. The molecule has 4 heteroatoms. The first kappa shape index (κ1) is 36.8. The number of rotatable bonds is 7. The number of aromatic nitrogens is 3. The van der Waals surface area contributed by atoms with E-state index >= 15 is 0 Å². The SMILES string of the molecule is c1ccc(-c2ccc3ccc(-c4nc(-c5cccc(-c6ccc7sc8ccccc8c7c6)c5)nc(-c5cccc(-c6ccc(-c7ccccc7)c7ccccc67)c5)n4)cc3c2)cc1. The summed E-state index contributed by atoms with van der Waals surface area (Å²) in [5, 5.41) is 7.27. The Hall–Kier alpha value is -8.05. The van der Waals surface area contributed by atoms with Gasteiger partial charge in [0.15, 0.2) is 17.5 Å². The van der Waals surface area contributed by atoms with Gasteiger partial charge in [0.25, 0.3) is 0 Å². The Bertz CT molecular complexity index is 3690. The van der Waals surface area contributed by atoms with Gasteiger partial charge in [-0.25, -0.2) is 15.0 Å². The van der Waals surface area contributed by atoms with Crippen LogP contribution in [0.3, 0.4) is 0 Å². The summed E-state index contributed by atoms with van der Waals surface area (Å²) >= 11 is 1.84. The van der Waals surface area contributed by atoms with Crippen LogP contribution in [0.1, 0.15) is 0 Å². The summed E-state index contributed by atoms with van der Waals surface area (Å²) < 4.78 is 2.59. The molecule has 12 rings (SSSR count). The molecule has 0 atom stereocenters. The van der Waals surface area contributed by atoms with E-state index in [-0.39, 0.29) is 0 Å². The Morgan fingerprint density at radius 3 is 1.38 bits per heavy atom. The lowest BCUT2D eigenvalue weighted by atomic mass is 9.91. The highest BCUT2D eigenvalue weighted by atomic mass is 32.1. The lowest BCUT2D eigenvalue weighted by Gasteiger charge is -2.14. The molecular weight excluding hydrogens is 783 g/mol. The van der Waals surface area contributed by atoms with Crippen LogP contribution in [0, 0.1) is 0 Å². The van der Waals surface area contributed by atoms with Crippen LogP contribution in [0.25, 0.3) is 120 Å². The van der Waals surface area contributed by atoms with E-state index in [1.54, 1.807) is 0 Å². The lowest BCUT2D eigenvalue weighted by Crippen LogP contribution is -2.00. The summed E-state index contributed by atoms with van der Waals surface area (Å²) in [6.45, 7) is 0. The second-order valence-corrected chi connectivity index (χ2v) is 17.1. The zero-order valence-electron chi connectivity index (χ0n) is 34.1. The third kappa shape index (κ3) is 6.84. The largest absolute Gasteiger partial charge is 0.208 e. The molecule has 0 aliphatic rings. The molecule has 0 fully saturated rings. The van der Waals surface area contributed by atoms with Crippen LogP contribution in [-0.2, 0) is 0 Å². The fourth-order valence-electron chi connectivity index (χ4n) is 8.95. The minimum atomic E-state index is 0.622. The Kier molecular flexibility index (Phi) is 9.02. The summed E-state index contributed by atoms with van der Waals surface area (Å²) in [6.07, 6.45) is 0. The molecule has 0 radical (unpaired) electrons. The molecule has 0 spiro atoms. The Labute approximate surface area is 369 Å². The van der Waals surface area contributed by atoms with Crippen molar-refractivity contribution < 1.29 is 0 Å². The molecule has 12 aromatic rings. The number of benzene rings is 10. The van der Waals surface area contributed by atoms with Crippen molar-refractivity contribution in [1.82, 2.24) is 15.0 Å². The molecule has 0 amide bonds. The Morgan fingerprint density at radius 1 is 0.238 bits per heavy atom. The second-order valence-electron chi connectivity index (χ2n) is 16.0. The highest BCUT2D eigenvalue weighted by Gasteiger charge is 2.17. The molecule has 0 saturated carbocycles. The van der Waals surface area contributed by atoms with Gasteiger partial charge >= 0.3 is 0 Å². The molecule has 0 bridgehead atoms. The van der Waals surface area contributed by atoms with Gasteiger partial charge < -0.3 is 0 Å². The fraction of sp³-hybridized carbons (Fsp3) is 0. The van der Waals surface area contributed by atoms with Gasteiger partial charge in [-0.3, -0.25) is 0 Å². The van der Waals surface area contributed by atoms with Crippen molar-refractivity contribution in [1.29, 1.82) is 0 Å². The molecule has 10 aromatic carbocycles. The van der Waals surface area contributed by atoms with Gasteiger partial charge in [0.1, 0.15) is 0 Å². The average Bonchev–Trinajstić information content (AvgIpc) is 3.74. The zero-order chi connectivity index (χ0) is 41.7. The van der Waals surface area contributed by atoms with Crippen molar-refractivity contribution in [2.24, 2.45) is 0 Å². The van der Waals surface area contributed by atoms with Crippen LogP contribution >= 0.6 is 11.3 Å². The van der Waals surface area contributed by atoms with E-state index in [4.69, 9.17) is 15.0 Å². The molecule has 0 unspecified atom stereocenters. The molecule has 0 aliphatic heterocycles. The molecule has 63 heavy (non-hydrogen) atoms. The van der Waals surface area contributed by atoms with Crippen LogP contribution in [-0.4, -0.2) is 15.0 Å². The molecule has 0 saturated heterocycles. The molecule has 2 heterocycles. The van der Waals surface area contributed by atoms with E-state index in [9.17, 15) is 0 Å². The minimum Gasteiger partial charge on any atom is -0.208 e. The van der Waals surface area contributed by atoms with Gasteiger partial charge in [-0.1, -0.05) is 182 Å². The van der Waals surface area contributed by atoms with E-state index in [2.05, 4.69) is 224 Å². The van der Waals surface area contributed by atoms with Crippen LogP contribution < -0.4 is 0 Å². The Morgan fingerprint density at radius 2 is 0.683 bits per heavy atom. The predicted octanol–water partition coefficient (Wildman–Crippen LogP) is 16.2. The van der Waals surface area contributed by atoms with Crippen molar-refractivity contribution in [2.75, 3.05) is 0 Å². The van der Waals surface area contributed by atoms with E-state index in [0.717, 1.165) is 49.7 Å². The first-order chi connectivity index (χ1) is 31.2. The molecular formula is C59H37N3S. The van der Waals surface area contributed by atoms with Crippen LogP contribution in [0.5, 0.6) is 0 Å². The minimum absolute atomic E-state index is 0.622. The van der Waals surface area contributed by atoms with E-state index in [0.29, 0.717) is 17.5 Å². The van der Waals surface area contributed by atoms with Crippen molar-refractivity contribution >= 4 is 53.1 Å². The topological polar surface area (TPSA) is 38.7 Å². The van der Waals surface area contributed by atoms with Gasteiger partial charge in [-0.05, 0) is 109 Å². The van der Waals surface area contributed by atoms with Crippen molar-refractivity contribution in [2.45, 2.75) is 0 Å². The number of fused-ring (bicyclic) bond motifs is 5. The van der Waals surface area contributed by atoms with Gasteiger partial charge in [0.05, 0.1) is 0 Å². The Balaban J connectivity index is 1.000. The third-order valence-electron chi connectivity index (χ3n) is 12.1. The smallest absolute Gasteiger partial charge is 0.164 e. The number of nitrogens with zero attached hydrogens (tertiary/aromatic N) is 3. The van der Waals surface area contributed by atoms with Crippen molar-refractivity contribution in [3.63, 3.8) is 0 Å². The monoisotopic (exact) mass is 819 g/mol. The van der Waals surface area contributed by atoms with Crippen molar-refractivity contribution in [3.8, 4) is 78.7 Å². The standard InChI is InChI=1S/C59H37N3S/c1-3-13-38(14-4-1)42-27-25-39-26-28-47(36-48(39)34-42)59-61-57(45-19-11-17-41(33-45)43-29-32-56-54(37-43)53-23-9-10-24-55(53)63-56)60-58(62-59)46-20-12-18-44(35-46)50-31-30-49(40-15-5-2-6-16-40)51-21-7-8-22-52(50)51/h1-37H. The van der Waals surface area contributed by atoms with Gasteiger partial charge in [-0.15, -0.1) is 11.3 Å². The van der Waals surface area contributed by atoms with Crippen LogP contribution in [0.4, 0.5) is 0 Å². The van der Waals surface area contributed by atoms with Gasteiger partial charge in [0, 0.05) is 36.9 Å². The first-order valence-corrected chi connectivity index (χ1v) is 22.1. The fourth-order valence-corrected chi connectivity index (χ4v) is 10.0. The van der Waals surface area contributed by atoms with Crippen molar-refractivity contribution in [3.05, 3.63) is 224 Å². The van der Waals surface area contributed by atoms with E-state index < -0.39 is 0 Å². The molecule has 0 N–H and O–H groups in total. The van der Waals surface area contributed by atoms with Crippen LogP contribution in [0.15, 0.2) is 224 Å². The molecule has 3 nitrogen and oxygen atoms in total. The summed E-state index contributed by atoms with van der Waals surface area (Å²) in [5.74, 6) is 1.87. The lowest BCUT2D eigenvalue weighted by molar-refractivity contribution is 1.07. The average molecular weight is 820 g/mol. The summed E-state index contributed by atoms with van der Waals surface area (Å²) in [4.78, 5) is 15.8. The third-order valence-corrected chi connectivity index (χ3v) is 13.3. The van der Waals surface area contributed by atoms with Gasteiger partial charge in [0.2, 0.25) is 0 Å². The summed E-state index contributed by atoms with van der Waals surface area (Å²) in [6, 6.07) is 80.1. The maximum absolute atomic E-state index is 5.26.